The van der Waals surface area contributed by atoms with E-state index >= 15 is 4.39 Å². The zero-order valence-corrected chi connectivity index (χ0v) is 21.9. The number of carbonyl (C=O) groups is 1. The summed E-state index contributed by atoms with van der Waals surface area (Å²) in [6.07, 6.45) is 3.39. The number of hydrogen-bond donors (Lipinski definition) is 2. The molecule has 206 valence electrons. The minimum Gasteiger partial charge on any atom is -0.481 e. The van der Waals surface area contributed by atoms with Gasteiger partial charge >= 0.3 is 5.97 Å². The Bertz CT molecular complexity index is 1800. The highest BCUT2D eigenvalue weighted by Gasteiger charge is 2.23. The Morgan fingerprint density at radius 1 is 1.10 bits per heavy atom. The van der Waals surface area contributed by atoms with E-state index in [1.165, 1.54) is 30.5 Å². The molecule has 2 heterocycles. The standard InChI is InChI=1S/C28H21F4N3O4S/c1-14(17-5-3-4-15(25(17)32)11-24(36)37)35-13-21(31)26(34-35)16-6-7-19(29)23(10-16)39-27-20(30)12-22-18(8-9-33-22)28(27)40(2)38/h3-10,12-14,33H,11H2,1-2H3,(H,36,37). The minimum absolute atomic E-state index is 0.0255. The Morgan fingerprint density at radius 3 is 2.60 bits per heavy atom. The van der Waals surface area contributed by atoms with Crippen LogP contribution in [0.1, 0.15) is 24.1 Å². The fourth-order valence-corrected chi connectivity index (χ4v) is 5.36. The summed E-state index contributed by atoms with van der Waals surface area (Å²) in [5.74, 6) is -5.37. The molecule has 0 aliphatic rings. The van der Waals surface area contributed by atoms with E-state index in [9.17, 15) is 22.2 Å². The number of nitrogens with one attached hydrogen (secondary N) is 1. The van der Waals surface area contributed by atoms with Crippen molar-refractivity contribution in [3.05, 3.63) is 95.3 Å². The van der Waals surface area contributed by atoms with Crippen LogP contribution in [0.15, 0.2) is 65.8 Å². The summed E-state index contributed by atoms with van der Waals surface area (Å²) in [6, 6.07) is 9.58. The second kappa shape index (κ2) is 10.6. The smallest absolute Gasteiger partial charge is 0.307 e. The Hall–Kier alpha value is -4.45. The number of ether oxygens (including phenoxy) is 1. The van der Waals surface area contributed by atoms with Crippen molar-refractivity contribution in [3.8, 4) is 22.8 Å². The molecule has 0 radical (unpaired) electrons. The van der Waals surface area contributed by atoms with Crippen molar-refractivity contribution in [2.45, 2.75) is 24.3 Å². The Labute approximate surface area is 227 Å². The second-order valence-corrected chi connectivity index (χ2v) is 10.3. The Morgan fingerprint density at radius 2 is 1.88 bits per heavy atom. The summed E-state index contributed by atoms with van der Waals surface area (Å²) in [4.78, 5) is 13.9. The van der Waals surface area contributed by atoms with Crippen LogP contribution in [0.5, 0.6) is 11.5 Å². The molecule has 0 saturated carbocycles. The van der Waals surface area contributed by atoms with Gasteiger partial charge in [-0.3, -0.25) is 13.7 Å². The lowest BCUT2D eigenvalue weighted by atomic mass is 10.0. The maximum Gasteiger partial charge on any atom is 0.307 e. The van der Waals surface area contributed by atoms with Crippen molar-refractivity contribution in [2.75, 3.05) is 6.26 Å². The number of carboxylic acids is 1. The molecule has 2 unspecified atom stereocenters. The van der Waals surface area contributed by atoms with E-state index in [1.807, 2.05) is 0 Å². The number of benzene rings is 3. The summed E-state index contributed by atoms with van der Waals surface area (Å²) in [7, 11) is -1.70. The van der Waals surface area contributed by atoms with E-state index in [0.29, 0.717) is 10.9 Å². The summed E-state index contributed by atoms with van der Waals surface area (Å²) in [6.45, 7) is 1.56. The predicted molar refractivity (Wildman–Crippen MR) is 140 cm³/mol. The average Bonchev–Trinajstić information content (AvgIpc) is 3.52. The van der Waals surface area contributed by atoms with E-state index < -0.39 is 64.0 Å². The lowest BCUT2D eigenvalue weighted by molar-refractivity contribution is -0.136. The lowest BCUT2D eigenvalue weighted by Crippen LogP contribution is -2.12. The molecule has 0 saturated heterocycles. The third kappa shape index (κ3) is 4.97. The van der Waals surface area contributed by atoms with Gasteiger partial charge in [0.05, 0.1) is 34.4 Å². The molecule has 0 spiro atoms. The minimum atomic E-state index is -1.70. The van der Waals surface area contributed by atoms with Crippen LogP contribution in [0.25, 0.3) is 22.2 Å². The zero-order chi connectivity index (χ0) is 28.7. The molecule has 0 fully saturated rings. The first kappa shape index (κ1) is 27.1. The van der Waals surface area contributed by atoms with Crippen molar-refractivity contribution < 1.29 is 36.4 Å². The van der Waals surface area contributed by atoms with Crippen LogP contribution in [0, 0.1) is 23.3 Å². The molecule has 5 rings (SSSR count). The van der Waals surface area contributed by atoms with Gasteiger partial charge in [0.25, 0.3) is 0 Å². The van der Waals surface area contributed by atoms with Gasteiger partial charge in [-0.25, -0.2) is 17.6 Å². The fraction of sp³-hybridized carbons (Fsp3) is 0.143. The number of nitrogens with zero attached hydrogens (tertiary/aromatic N) is 2. The topological polar surface area (TPSA) is 97.2 Å². The monoisotopic (exact) mass is 571 g/mol. The molecule has 2 N–H and O–H groups in total. The highest BCUT2D eigenvalue weighted by Crippen LogP contribution is 2.38. The second-order valence-electron chi connectivity index (χ2n) is 9.03. The maximum absolute atomic E-state index is 15.1. The number of fused-ring (bicyclic) bond motifs is 1. The summed E-state index contributed by atoms with van der Waals surface area (Å²) < 4.78 is 79.0. The molecule has 0 aliphatic carbocycles. The molecule has 0 bridgehead atoms. The zero-order valence-electron chi connectivity index (χ0n) is 21.0. The van der Waals surface area contributed by atoms with Gasteiger partial charge in [-0.2, -0.15) is 5.10 Å². The molecular formula is C28H21F4N3O4S. The number of aromatic nitrogens is 3. The molecule has 0 amide bonds. The average molecular weight is 572 g/mol. The molecule has 3 aromatic carbocycles. The number of aliphatic carboxylic acids is 1. The SMILES string of the molecule is CC(c1cccc(CC(=O)O)c1F)n1cc(F)c(-c2ccc(F)c(Oc3c(F)cc4[nH]ccc4c3S(C)=O)c2)n1. The van der Waals surface area contributed by atoms with Crippen molar-refractivity contribution in [1.82, 2.24) is 14.8 Å². The predicted octanol–water partition coefficient (Wildman–Crippen LogP) is 6.35. The lowest BCUT2D eigenvalue weighted by Gasteiger charge is -2.15. The number of rotatable bonds is 8. The van der Waals surface area contributed by atoms with Crippen LogP contribution in [-0.4, -0.2) is 36.3 Å². The first-order valence-corrected chi connectivity index (χ1v) is 13.5. The quantitative estimate of drug-likeness (QED) is 0.212. The third-order valence-corrected chi connectivity index (χ3v) is 7.39. The van der Waals surface area contributed by atoms with Crippen molar-refractivity contribution in [2.24, 2.45) is 0 Å². The van der Waals surface area contributed by atoms with Gasteiger partial charge in [-0.15, -0.1) is 0 Å². The fourth-order valence-electron chi connectivity index (χ4n) is 4.47. The van der Waals surface area contributed by atoms with Crippen LogP contribution >= 0.6 is 0 Å². The number of H-pyrrole nitrogens is 1. The molecule has 2 atom stereocenters. The number of carboxylic acid groups (broad SMARTS) is 1. The molecule has 0 aliphatic heterocycles. The number of aromatic amines is 1. The first-order chi connectivity index (χ1) is 19.0. The van der Waals surface area contributed by atoms with Crippen LogP contribution in [-0.2, 0) is 22.0 Å². The Balaban J connectivity index is 1.51. The summed E-state index contributed by atoms with van der Waals surface area (Å²) >= 11 is 0. The molecule has 2 aromatic heterocycles. The van der Waals surface area contributed by atoms with Gasteiger partial charge in [-0.1, -0.05) is 18.2 Å². The summed E-state index contributed by atoms with van der Waals surface area (Å²) in [5.41, 5.74) is 0.340. The van der Waals surface area contributed by atoms with Gasteiger partial charge in [0.1, 0.15) is 11.5 Å². The number of halogens is 4. The highest BCUT2D eigenvalue weighted by atomic mass is 32.2. The van der Waals surface area contributed by atoms with Gasteiger partial charge in [0.2, 0.25) is 0 Å². The van der Waals surface area contributed by atoms with Gasteiger partial charge in [0.15, 0.2) is 29.0 Å². The maximum atomic E-state index is 15.1. The van der Waals surface area contributed by atoms with Gasteiger partial charge in [-0.05, 0) is 36.8 Å². The van der Waals surface area contributed by atoms with Crippen LogP contribution in [0.2, 0.25) is 0 Å². The summed E-state index contributed by atoms with van der Waals surface area (Å²) in [5, 5.41) is 13.7. The molecule has 7 nitrogen and oxygen atoms in total. The van der Waals surface area contributed by atoms with E-state index in [1.54, 1.807) is 19.2 Å². The van der Waals surface area contributed by atoms with Crippen LogP contribution in [0.3, 0.4) is 0 Å². The molecule has 12 heteroatoms. The molecule has 40 heavy (non-hydrogen) atoms. The first-order valence-electron chi connectivity index (χ1n) is 11.9. The van der Waals surface area contributed by atoms with Crippen LogP contribution < -0.4 is 4.74 Å². The van der Waals surface area contributed by atoms with Crippen molar-refractivity contribution in [1.29, 1.82) is 0 Å². The van der Waals surface area contributed by atoms with Gasteiger partial charge < -0.3 is 14.8 Å². The third-order valence-electron chi connectivity index (χ3n) is 6.41. The van der Waals surface area contributed by atoms with Crippen molar-refractivity contribution >= 4 is 27.7 Å². The van der Waals surface area contributed by atoms with E-state index in [4.69, 9.17) is 9.84 Å². The molecule has 5 aromatic rings. The van der Waals surface area contributed by atoms with E-state index in [-0.39, 0.29) is 27.3 Å². The number of hydrogen-bond acceptors (Lipinski definition) is 4. The Kier molecular flexibility index (Phi) is 7.19. The highest BCUT2D eigenvalue weighted by molar-refractivity contribution is 7.84. The van der Waals surface area contributed by atoms with E-state index in [0.717, 1.165) is 29.1 Å². The van der Waals surface area contributed by atoms with Crippen LogP contribution in [0.4, 0.5) is 17.6 Å². The molecular weight excluding hydrogens is 550 g/mol. The largest absolute Gasteiger partial charge is 0.481 e. The van der Waals surface area contributed by atoms with E-state index in [2.05, 4.69) is 10.1 Å². The normalized spacial score (nSPS) is 12.9. The van der Waals surface area contributed by atoms with Gasteiger partial charge in [0, 0.05) is 40.5 Å². The van der Waals surface area contributed by atoms with Crippen molar-refractivity contribution in [3.63, 3.8) is 0 Å².